The van der Waals surface area contributed by atoms with E-state index in [9.17, 15) is 13.9 Å². The maximum absolute atomic E-state index is 13.3. The molecule has 0 unspecified atom stereocenters. The molecule has 0 bridgehead atoms. The number of rotatable bonds is 3. The number of phenols is 1. The molecule has 0 saturated heterocycles. The standard InChI is InChI=1S/C13H10ClF2NO/c14-10-3-1-2-8(13(10)18)7-17-12-6-9(15)4-5-11(12)16/h1-6,17-18H,7H2. The zero-order valence-corrected chi connectivity index (χ0v) is 10.0. The number of benzene rings is 2. The number of aromatic hydroxyl groups is 1. The third-order valence-electron chi connectivity index (χ3n) is 2.47. The minimum Gasteiger partial charge on any atom is -0.506 e. The van der Waals surface area contributed by atoms with Crippen LogP contribution in [0.5, 0.6) is 5.75 Å². The smallest absolute Gasteiger partial charge is 0.146 e. The SMILES string of the molecule is Oc1c(Cl)cccc1CNc1cc(F)ccc1F. The van der Waals surface area contributed by atoms with Gasteiger partial charge in [0.15, 0.2) is 0 Å². The van der Waals surface area contributed by atoms with Crippen LogP contribution in [0.3, 0.4) is 0 Å². The molecule has 0 aliphatic rings. The van der Waals surface area contributed by atoms with E-state index in [-0.39, 0.29) is 23.0 Å². The van der Waals surface area contributed by atoms with E-state index in [0.29, 0.717) is 5.56 Å². The van der Waals surface area contributed by atoms with Gasteiger partial charge in [-0.3, -0.25) is 0 Å². The fourth-order valence-corrected chi connectivity index (χ4v) is 1.72. The summed E-state index contributed by atoms with van der Waals surface area (Å²) in [7, 11) is 0. The first-order chi connectivity index (χ1) is 8.58. The second kappa shape index (κ2) is 5.23. The molecule has 2 rings (SSSR count). The molecular weight excluding hydrogens is 260 g/mol. The van der Waals surface area contributed by atoms with Gasteiger partial charge in [-0.1, -0.05) is 23.7 Å². The highest BCUT2D eigenvalue weighted by atomic mass is 35.5. The van der Waals surface area contributed by atoms with Gasteiger partial charge in [-0.2, -0.15) is 0 Å². The van der Waals surface area contributed by atoms with Gasteiger partial charge in [0.25, 0.3) is 0 Å². The Hall–Kier alpha value is -1.81. The average Bonchev–Trinajstić information content (AvgIpc) is 2.35. The van der Waals surface area contributed by atoms with Crippen LogP contribution in [0, 0.1) is 11.6 Å². The van der Waals surface area contributed by atoms with Crippen molar-refractivity contribution >= 4 is 17.3 Å². The van der Waals surface area contributed by atoms with Crippen molar-refractivity contribution in [3.63, 3.8) is 0 Å². The van der Waals surface area contributed by atoms with E-state index in [1.54, 1.807) is 18.2 Å². The van der Waals surface area contributed by atoms with Crippen molar-refractivity contribution in [1.29, 1.82) is 0 Å². The molecule has 2 aromatic carbocycles. The summed E-state index contributed by atoms with van der Waals surface area (Å²) in [5, 5.41) is 12.6. The first kappa shape index (κ1) is 12.6. The number of para-hydroxylation sites is 1. The highest BCUT2D eigenvalue weighted by molar-refractivity contribution is 6.32. The lowest BCUT2D eigenvalue weighted by atomic mass is 10.2. The molecule has 0 radical (unpaired) electrons. The van der Waals surface area contributed by atoms with Crippen LogP contribution < -0.4 is 5.32 Å². The van der Waals surface area contributed by atoms with Gasteiger partial charge in [-0.05, 0) is 24.3 Å². The number of nitrogens with one attached hydrogen (secondary N) is 1. The summed E-state index contributed by atoms with van der Waals surface area (Å²) in [6.07, 6.45) is 0. The Kier molecular flexibility index (Phi) is 3.67. The van der Waals surface area contributed by atoms with Crippen molar-refractivity contribution in [1.82, 2.24) is 0 Å². The van der Waals surface area contributed by atoms with Crippen LogP contribution in [0.2, 0.25) is 5.02 Å². The molecule has 2 N–H and O–H groups in total. The summed E-state index contributed by atoms with van der Waals surface area (Å²) in [5.41, 5.74) is 0.542. The first-order valence-corrected chi connectivity index (χ1v) is 5.61. The van der Waals surface area contributed by atoms with Crippen LogP contribution in [0.15, 0.2) is 36.4 Å². The summed E-state index contributed by atoms with van der Waals surface area (Å²) < 4.78 is 26.3. The van der Waals surface area contributed by atoms with E-state index in [1.165, 1.54) is 0 Å². The van der Waals surface area contributed by atoms with E-state index in [1.807, 2.05) is 0 Å². The Morgan fingerprint density at radius 2 is 1.94 bits per heavy atom. The first-order valence-electron chi connectivity index (χ1n) is 5.23. The van der Waals surface area contributed by atoms with Gasteiger partial charge in [-0.15, -0.1) is 0 Å². The monoisotopic (exact) mass is 269 g/mol. The zero-order chi connectivity index (χ0) is 13.1. The third kappa shape index (κ3) is 2.71. The van der Waals surface area contributed by atoms with Gasteiger partial charge in [-0.25, -0.2) is 8.78 Å². The number of phenolic OH excluding ortho intramolecular Hbond substituents is 1. The number of anilines is 1. The van der Waals surface area contributed by atoms with Crippen molar-refractivity contribution in [2.75, 3.05) is 5.32 Å². The summed E-state index contributed by atoms with van der Waals surface area (Å²) >= 11 is 5.74. The molecule has 0 fully saturated rings. The fourth-order valence-electron chi connectivity index (χ4n) is 1.53. The lowest BCUT2D eigenvalue weighted by Gasteiger charge is -2.09. The highest BCUT2D eigenvalue weighted by Gasteiger charge is 2.07. The predicted octanol–water partition coefficient (Wildman–Crippen LogP) is 3.94. The molecule has 94 valence electrons. The van der Waals surface area contributed by atoms with Crippen LogP contribution in [0.1, 0.15) is 5.56 Å². The van der Waals surface area contributed by atoms with E-state index < -0.39 is 11.6 Å². The molecule has 0 saturated carbocycles. The van der Waals surface area contributed by atoms with Crippen LogP contribution in [0.4, 0.5) is 14.5 Å². The Bertz CT molecular complexity index is 573. The Balaban J connectivity index is 2.16. The molecule has 2 aromatic rings. The number of hydrogen-bond acceptors (Lipinski definition) is 2. The average molecular weight is 270 g/mol. The van der Waals surface area contributed by atoms with E-state index in [0.717, 1.165) is 18.2 Å². The van der Waals surface area contributed by atoms with Gasteiger partial charge in [0.1, 0.15) is 17.4 Å². The van der Waals surface area contributed by atoms with Crippen molar-refractivity contribution < 1.29 is 13.9 Å². The molecule has 2 nitrogen and oxygen atoms in total. The van der Waals surface area contributed by atoms with Crippen molar-refractivity contribution in [3.05, 3.63) is 58.6 Å². The van der Waals surface area contributed by atoms with Crippen molar-refractivity contribution in [3.8, 4) is 5.75 Å². The van der Waals surface area contributed by atoms with E-state index in [4.69, 9.17) is 11.6 Å². The quantitative estimate of drug-likeness (QED) is 0.885. The normalized spacial score (nSPS) is 10.4. The van der Waals surface area contributed by atoms with Crippen LogP contribution in [-0.2, 0) is 6.54 Å². The van der Waals surface area contributed by atoms with Gasteiger partial charge in [0, 0.05) is 12.1 Å². The second-order valence-corrected chi connectivity index (χ2v) is 4.13. The second-order valence-electron chi connectivity index (χ2n) is 3.73. The predicted molar refractivity (Wildman–Crippen MR) is 66.8 cm³/mol. The summed E-state index contributed by atoms with van der Waals surface area (Å²) in [6.45, 7) is 0.146. The Labute approximate surface area is 108 Å². The molecule has 0 heterocycles. The molecule has 0 spiro atoms. The topological polar surface area (TPSA) is 32.3 Å². The fraction of sp³-hybridized carbons (Fsp3) is 0.0769. The van der Waals surface area contributed by atoms with E-state index in [2.05, 4.69) is 5.32 Å². The molecule has 18 heavy (non-hydrogen) atoms. The molecule has 0 amide bonds. The minimum atomic E-state index is -0.557. The molecule has 5 heteroatoms. The molecule has 0 atom stereocenters. The summed E-state index contributed by atoms with van der Waals surface area (Å²) in [5.74, 6) is -1.16. The van der Waals surface area contributed by atoms with E-state index >= 15 is 0 Å². The molecule has 0 aliphatic heterocycles. The summed E-state index contributed by atoms with van der Waals surface area (Å²) in [6, 6.07) is 7.99. The molecule has 0 aromatic heterocycles. The maximum atomic E-state index is 13.3. The lowest BCUT2D eigenvalue weighted by molar-refractivity contribution is 0.469. The zero-order valence-electron chi connectivity index (χ0n) is 9.25. The van der Waals surface area contributed by atoms with Crippen molar-refractivity contribution in [2.24, 2.45) is 0 Å². The van der Waals surface area contributed by atoms with Gasteiger partial charge >= 0.3 is 0 Å². The summed E-state index contributed by atoms with van der Waals surface area (Å²) in [4.78, 5) is 0. The Morgan fingerprint density at radius 1 is 1.17 bits per heavy atom. The van der Waals surface area contributed by atoms with Gasteiger partial charge < -0.3 is 10.4 Å². The molecule has 0 aliphatic carbocycles. The third-order valence-corrected chi connectivity index (χ3v) is 2.77. The number of hydrogen-bond donors (Lipinski definition) is 2. The van der Waals surface area contributed by atoms with Crippen LogP contribution in [-0.4, -0.2) is 5.11 Å². The largest absolute Gasteiger partial charge is 0.506 e. The van der Waals surface area contributed by atoms with Gasteiger partial charge in [0.2, 0.25) is 0 Å². The van der Waals surface area contributed by atoms with Crippen LogP contribution in [0.25, 0.3) is 0 Å². The highest BCUT2D eigenvalue weighted by Crippen LogP contribution is 2.27. The van der Waals surface area contributed by atoms with Crippen LogP contribution >= 0.6 is 11.6 Å². The molecular formula is C13H10ClF2NO. The minimum absolute atomic E-state index is 0.0365. The maximum Gasteiger partial charge on any atom is 0.146 e. The van der Waals surface area contributed by atoms with Crippen molar-refractivity contribution in [2.45, 2.75) is 6.54 Å². The lowest BCUT2D eigenvalue weighted by Crippen LogP contribution is -2.02. The van der Waals surface area contributed by atoms with Gasteiger partial charge in [0.05, 0.1) is 10.7 Å². The Morgan fingerprint density at radius 3 is 2.72 bits per heavy atom. The number of halogens is 3.